The van der Waals surface area contributed by atoms with Gasteiger partial charge in [-0.1, -0.05) is 39.5 Å². The average molecular weight is 331 g/mol. The Balaban J connectivity index is 2.16. The van der Waals surface area contributed by atoms with Gasteiger partial charge in [0.2, 0.25) is 0 Å². The lowest BCUT2D eigenvalue weighted by molar-refractivity contribution is -0.680. The van der Waals surface area contributed by atoms with Crippen LogP contribution in [0.25, 0.3) is 0 Å². The first kappa shape index (κ1) is 17.2. The predicted octanol–water partition coefficient (Wildman–Crippen LogP) is 0.927. The van der Waals surface area contributed by atoms with E-state index in [1.54, 1.807) is 0 Å². The van der Waals surface area contributed by atoms with Crippen molar-refractivity contribution >= 4 is 5.84 Å². The highest BCUT2D eigenvalue weighted by Crippen LogP contribution is 2.86. The van der Waals surface area contributed by atoms with Crippen LogP contribution in [0.3, 0.4) is 0 Å². The molecule has 2 fully saturated rings. The van der Waals surface area contributed by atoms with E-state index in [1.807, 2.05) is 6.92 Å². The Hall–Kier alpha value is -1.63. The summed E-state index contributed by atoms with van der Waals surface area (Å²) < 4.78 is 12.0. The summed E-state index contributed by atoms with van der Waals surface area (Å²) in [5, 5.41) is 20.4. The number of amidine groups is 1. The molecule has 2 heterocycles. The lowest BCUT2D eigenvalue weighted by atomic mass is 9.80. The first-order valence-corrected chi connectivity index (χ1v) is 9.03. The van der Waals surface area contributed by atoms with E-state index in [9.17, 15) is 10.5 Å². The molecule has 3 rings (SSSR count). The Bertz CT molecular complexity index is 640. The van der Waals surface area contributed by atoms with E-state index in [0.29, 0.717) is 12.4 Å². The number of rotatable bonds is 6. The molecule has 1 spiro atoms. The smallest absolute Gasteiger partial charge is 0.311 e. The Kier molecular flexibility index (Phi) is 3.90. The molecule has 0 unspecified atom stereocenters. The maximum Gasteiger partial charge on any atom is 0.343 e. The van der Waals surface area contributed by atoms with Crippen LogP contribution in [0.4, 0.5) is 0 Å². The van der Waals surface area contributed by atoms with Crippen LogP contribution in [0.5, 0.6) is 0 Å². The molecule has 3 aliphatic rings. The molecule has 4 atom stereocenters. The second kappa shape index (κ2) is 5.44. The molecule has 0 radical (unpaired) electrons. The van der Waals surface area contributed by atoms with Crippen LogP contribution in [-0.4, -0.2) is 24.5 Å². The van der Waals surface area contributed by atoms with E-state index in [1.165, 1.54) is 0 Å². The molecule has 0 aromatic carbocycles. The predicted molar refractivity (Wildman–Crippen MR) is 87.0 cm³/mol. The molecule has 1 aliphatic carbocycles. The molecular formula is C18H27N4O2+. The topological polar surface area (TPSA) is 106 Å². The van der Waals surface area contributed by atoms with Gasteiger partial charge in [0, 0.05) is 5.41 Å². The van der Waals surface area contributed by atoms with Gasteiger partial charge < -0.3 is 9.47 Å². The lowest BCUT2D eigenvalue weighted by Gasteiger charge is -2.29. The van der Waals surface area contributed by atoms with Crippen LogP contribution >= 0.6 is 0 Å². The minimum absolute atomic E-state index is 0.138. The van der Waals surface area contributed by atoms with Crippen molar-refractivity contribution in [3.8, 4) is 12.1 Å². The third kappa shape index (κ3) is 1.54. The van der Waals surface area contributed by atoms with Crippen molar-refractivity contribution in [3.63, 3.8) is 0 Å². The zero-order valence-electron chi connectivity index (χ0n) is 14.8. The fraction of sp³-hybridized carbons (Fsp3) is 0.833. The number of nitrogens with two attached hydrogens (primary N) is 1. The van der Waals surface area contributed by atoms with Crippen molar-refractivity contribution in [2.45, 2.75) is 71.3 Å². The zero-order valence-corrected chi connectivity index (χ0v) is 14.8. The number of hydrogen-bond acceptors (Lipinski definition) is 5. The van der Waals surface area contributed by atoms with Gasteiger partial charge in [-0.25, -0.2) is 4.99 Å². The highest BCUT2D eigenvalue weighted by Gasteiger charge is 3.03. The fourth-order valence-corrected chi connectivity index (χ4v) is 5.27. The number of hydrogen-bond donors (Lipinski definition) is 2. The molecule has 24 heavy (non-hydrogen) atoms. The molecule has 3 N–H and O–H groups in total. The van der Waals surface area contributed by atoms with E-state index < -0.39 is 22.2 Å². The van der Waals surface area contributed by atoms with Gasteiger partial charge in [-0.3, -0.25) is 5.73 Å². The molecule has 0 amide bonds. The van der Waals surface area contributed by atoms with Gasteiger partial charge in [0.05, 0.1) is 24.8 Å². The SMILES string of the molecule is CCCCC1(CCCC)[C@]2(C#N)[C@@]3([NH+]=C(N)[C@]12C#N)OC[C@H](C)O3. The summed E-state index contributed by atoms with van der Waals surface area (Å²) in [6.07, 6.45) is 5.36. The maximum atomic E-state index is 10.3. The maximum absolute atomic E-state index is 10.3. The number of nitrogens with one attached hydrogen (secondary N) is 1. The standard InChI is InChI=1S/C18H26N4O2/c1-4-6-8-15(9-7-5-2)16(11-19)14(21)22-18(17(15,16)12-20)23-10-13(3)24-18/h13H,4-10H2,1-3H3,(H2,21,22)/p+1/t13-,16+,17-,18+/m0/s1. The van der Waals surface area contributed by atoms with Crippen LogP contribution in [0, 0.1) is 38.9 Å². The zero-order chi connectivity index (χ0) is 17.6. The van der Waals surface area contributed by atoms with Gasteiger partial charge in [-0.15, -0.1) is 0 Å². The minimum Gasteiger partial charge on any atom is -0.311 e. The summed E-state index contributed by atoms with van der Waals surface area (Å²) >= 11 is 0. The highest BCUT2D eigenvalue weighted by molar-refractivity contribution is 5.95. The summed E-state index contributed by atoms with van der Waals surface area (Å²) in [6.45, 7) is 6.54. The van der Waals surface area contributed by atoms with Crippen LogP contribution < -0.4 is 10.7 Å². The van der Waals surface area contributed by atoms with E-state index >= 15 is 0 Å². The second-order valence-electron chi connectivity index (χ2n) is 7.41. The molecular weight excluding hydrogens is 304 g/mol. The first-order valence-electron chi connectivity index (χ1n) is 9.03. The summed E-state index contributed by atoms with van der Waals surface area (Å²) in [6, 6.07) is 4.89. The minimum atomic E-state index is -1.29. The van der Waals surface area contributed by atoms with Crippen molar-refractivity contribution in [2.75, 3.05) is 6.61 Å². The summed E-state index contributed by atoms with van der Waals surface area (Å²) in [5.74, 6) is -0.949. The van der Waals surface area contributed by atoms with Crippen LogP contribution in [0.2, 0.25) is 0 Å². The number of nitrogens with zero attached hydrogens (tertiary/aromatic N) is 2. The normalized spacial score (nSPS) is 41.5. The van der Waals surface area contributed by atoms with Gasteiger partial charge in [0.15, 0.2) is 10.8 Å². The van der Waals surface area contributed by atoms with Crippen molar-refractivity contribution in [1.82, 2.24) is 0 Å². The molecule has 0 bridgehead atoms. The van der Waals surface area contributed by atoms with E-state index in [2.05, 4.69) is 31.0 Å². The van der Waals surface area contributed by atoms with Crippen molar-refractivity contribution < 1.29 is 14.5 Å². The molecule has 130 valence electrons. The van der Waals surface area contributed by atoms with E-state index in [0.717, 1.165) is 38.5 Å². The van der Waals surface area contributed by atoms with Crippen molar-refractivity contribution in [3.05, 3.63) is 0 Å². The fourth-order valence-electron chi connectivity index (χ4n) is 5.27. The van der Waals surface area contributed by atoms with Crippen LogP contribution in [0.15, 0.2) is 0 Å². The van der Waals surface area contributed by atoms with Gasteiger partial charge in [0.1, 0.15) is 0 Å². The average Bonchev–Trinajstić information content (AvgIpc) is 2.75. The van der Waals surface area contributed by atoms with Gasteiger partial charge in [-0.2, -0.15) is 10.5 Å². The second-order valence-corrected chi connectivity index (χ2v) is 7.41. The highest BCUT2D eigenvalue weighted by atomic mass is 16.8. The number of fused-ring (bicyclic) bond motifs is 2. The largest absolute Gasteiger partial charge is 0.343 e. The number of ether oxygens (including phenoxy) is 2. The first-order chi connectivity index (χ1) is 11.5. The van der Waals surface area contributed by atoms with Crippen molar-refractivity contribution in [1.29, 1.82) is 10.5 Å². The molecule has 1 saturated heterocycles. The Morgan fingerprint density at radius 2 is 1.83 bits per heavy atom. The monoisotopic (exact) mass is 331 g/mol. The number of nitriles is 2. The third-order valence-corrected chi connectivity index (χ3v) is 6.27. The summed E-state index contributed by atoms with van der Waals surface area (Å²) in [7, 11) is 0. The third-order valence-electron chi connectivity index (χ3n) is 6.27. The Morgan fingerprint density at radius 1 is 1.21 bits per heavy atom. The quantitative estimate of drug-likeness (QED) is 0.753. The van der Waals surface area contributed by atoms with Crippen LogP contribution in [-0.2, 0) is 9.47 Å². The summed E-state index contributed by atoms with van der Waals surface area (Å²) in [5.41, 5.74) is 3.69. The van der Waals surface area contributed by atoms with Crippen molar-refractivity contribution in [2.24, 2.45) is 22.0 Å². The summed E-state index contributed by atoms with van der Waals surface area (Å²) in [4.78, 5) is 3.06. The Morgan fingerprint density at radius 3 is 2.25 bits per heavy atom. The van der Waals surface area contributed by atoms with Gasteiger partial charge in [0.25, 0.3) is 5.84 Å². The molecule has 1 saturated carbocycles. The van der Waals surface area contributed by atoms with E-state index in [4.69, 9.17) is 15.2 Å². The number of unbranched alkanes of at least 4 members (excludes halogenated alkanes) is 2. The lowest BCUT2D eigenvalue weighted by Crippen LogP contribution is -2.90. The van der Waals surface area contributed by atoms with E-state index in [-0.39, 0.29) is 6.10 Å². The molecule has 2 aliphatic heterocycles. The van der Waals surface area contributed by atoms with Gasteiger partial charge in [-0.05, 0) is 19.8 Å². The molecule has 0 aromatic rings. The van der Waals surface area contributed by atoms with Crippen LogP contribution in [0.1, 0.15) is 59.3 Å². The molecule has 6 heteroatoms. The molecule has 6 nitrogen and oxygen atoms in total. The molecule has 0 aromatic heterocycles. The van der Waals surface area contributed by atoms with Gasteiger partial charge >= 0.3 is 5.91 Å². The Labute approximate surface area is 143 Å².